The van der Waals surface area contributed by atoms with Gasteiger partial charge in [0.25, 0.3) is 5.91 Å². The summed E-state index contributed by atoms with van der Waals surface area (Å²) in [6, 6.07) is 9.95. The molecule has 3 aromatic rings. The molecule has 1 amide bonds. The van der Waals surface area contributed by atoms with Crippen molar-refractivity contribution in [3.8, 4) is 5.75 Å². The summed E-state index contributed by atoms with van der Waals surface area (Å²) in [5.74, 6) is 0.301. The van der Waals surface area contributed by atoms with E-state index in [0.717, 1.165) is 20.3 Å². The van der Waals surface area contributed by atoms with E-state index in [1.54, 1.807) is 6.07 Å². The lowest BCUT2D eigenvalue weighted by Crippen LogP contribution is -2.23. The fourth-order valence-electron chi connectivity index (χ4n) is 2.42. The van der Waals surface area contributed by atoms with Gasteiger partial charge in [-0.05, 0) is 59.3 Å². The summed E-state index contributed by atoms with van der Waals surface area (Å²) in [4.78, 5) is 17.0. The van der Waals surface area contributed by atoms with E-state index in [-0.39, 0.29) is 10.5 Å². The minimum Gasteiger partial charge on any atom is -0.494 e. The number of aromatic nitrogens is 1. The van der Waals surface area contributed by atoms with Gasteiger partial charge in [-0.25, -0.2) is 17.7 Å². The average molecular weight is 484 g/mol. The maximum absolute atomic E-state index is 12.6. The van der Waals surface area contributed by atoms with Gasteiger partial charge in [0.2, 0.25) is 10.0 Å². The van der Waals surface area contributed by atoms with Crippen molar-refractivity contribution < 1.29 is 17.9 Å². The van der Waals surface area contributed by atoms with E-state index in [1.165, 1.54) is 37.6 Å². The Labute approximate surface area is 175 Å². The van der Waals surface area contributed by atoms with Crippen molar-refractivity contribution in [1.29, 1.82) is 0 Å². The molecule has 0 unspecified atom stereocenters. The number of ether oxygens (including phenoxy) is 1. The van der Waals surface area contributed by atoms with Crippen LogP contribution in [0, 0.1) is 0 Å². The molecule has 0 spiro atoms. The first-order chi connectivity index (χ1) is 13.2. The molecular weight excluding hydrogens is 466 g/mol. The average Bonchev–Trinajstić information content (AvgIpc) is 3.03. The van der Waals surface area contributed by atoms with Gasteiger partial charge >= 0.3 is 0 Å². The zero-order chi connectivity index (χ0) is 20.5. The fraction of sp³-hybridized carbons (Fsp3) is 0.222. The van der Waals surface area contributed by atoms with Crippen LogP contribution in [0.4, 0.5) is 5.13 Å². The number of benzene rings is 2. The van der Waals surface area contributed by atoms with Crippen LogP contribution in [0.25, 0.3) is 10.2 Å². The van der Waals surface area contributed by atoms with Crippen LogP contribution in [-0.2, 0) is 10.0 Å². The van der Waals surface area contributed by atoms with Crippen molar-refractivity contribution in [2.45, 2.75) is 11.8 Å². The third-order valence-corrected chi connectivity index (χ3v) is 7.59. The van der Waals surface area contributed by atoms with Crippen LogP contribution in [0.5, 0.6) is 5.75 Å². The maximum atomic E-state index is 12.6. The first kappa shape index (κ1) is 20.7. The first-order valence-electron chi connectivity index (χ1n) is 8.29. The second-order valence-electron chi connectivity index (χ2n) is 5.97. The Hall–Kier alpha value is -2.01. The summed E-state index contributed by atoms with van der Waals surface area (Å²) in [5.41, 5.74) is 0.966. The van der Waals surface area contributed by atoms with Crippen LogP contribution < -0.4 is 10.1 Å². The van der Waals surface area contributed by atoms with Gasteiger partial charge < -0.3 is 4.74 Å². The fourth-order valence-corrected chi connectivity index (χ4v) is 5.16. The van der Waals surface area contributed by atoms with Crippen LogP contribution in [0.15, 0.2) is 45.8 Å². The summed E-state index contributed by atoms with van der Waals surface area (Å²) in [6.07, 6.45) is 0. The second kappa shape index (κ2) is 8.16. The molecule has 1 aromatic heterocycles. The van der Waals surface area contributed by atoms with Crippen molar-refractivity contribution in [1.82, 2.24) is 9.29 Å². The molecule has 0 atom stereocenters. The molecule has 28 heavy (non-hydrogen) atoms. The number of halogens is 1. The number of carbonyl (C=O) groups excluding carboxylic acids is 1. The number of thiazole rings is 1. The SMILES string of the molecule is CCOc1ccc2nc(NC(=O)c3ccc(Br)c(S(=O)(=O)N(C)C)c3)sc2c1. The van der Waals surface area contributed by atoms with E-state index < -0.39 is 15.9 Å². The summed E-state index contributed by atoms with van der Waals surface area (Å²) in [6.45, 7) is 2.47. The molecule has 0 saturated heterocycles. The Balaban J connectivity index is 1.88. The number of sulfonamides is 1. The van der Waals surface area contributed by atoms with Crippen LogP contribution >= 0.6 is 27.3 Å². The highest BCUT2D eigenvalue weighted by molar-refractivity contribution is 9.10. The number of anilines is 1. The number of nitrogens with one attached hydrogen (secondary N) is 1. The Bertz CT molecular complexity index is 1140. The van der Waals surface area contributed by atoms with E-state index in [0.29, 0.717) is 16.2 Å². The first-order valence-corrected chi connectivity index (χ1v) is 11.3. The molecule has 1 heterocycles. The van der Waals surface area contributed by atoms with Crippen molar-refractivity contribution in [2.75, 3.05) is 26.0 Å². The lowest BCUT2D eigenvalue weighted by molar-refractivity contribution is 0.102. The molecule has 0 aliphatic rings. The zero-order valence-electron chi connectivity index (χ0n) is 15.4. The van der Waals surface area contributed by atoms with Crippen LogP contribution in [0.1, 0.15) is 17.3 Å². The van der Waals surface area contributed by atoms with Gasteiger partial charge in [-0.2, -0.15) is 0 Å². The lowest BCUT2D eigenvalue weighted by Gasteiger charge is -2.13. The van der Waals surface area contributed by atoms with E-state index >= 15 is 0 Å². The van der Waals surface area contributed by atoms with Gasteiger partial charge in [-0.3, -0.25) is 10.1 Å². The zero-order valence-corrected chi connectivity index (χ0v) is 18.6. The topological polar surface area (TPSA) is 88.6 Å². The molecule has 3 rings (SSSR count). The minimum atomic E-state index is -3.69. The third-order valence-electron chi connectivity index (χ3n) is 3.84. The second-order valence-corrected chi connectivity index (χ2v) is 9.97. The van der Waals surface area contributed by atoms with Crippen molar-refractivity contribution >= 4 is 58.5 Å². The van der Waals surface area contributed by atoms with E-state index in [1.807, 2.05) is 25.1 Å². The summed E-state index contributed by atoms with van der Waals surface area (Å²) < 4.78 is 32.7. The van der Waals surface area contributed by atoms with Gasteiger partial charge in [0.05, 0.1) is 21.7 Å². The number of carbonyl (C=O) groups is 1. The number of hydrogen-bond donors (Lipinski definition) is 1. The molecule has 0 bridgehead atoms. The lowest BCUT2D eigenvalue weighted by atomic mass is 10.2. The monoisotopic (exact) mass is 483 g/mol. The highest BCUT2D eigenvalue weighted by atomic mass is 79.9. The highest BCUT2D eigenvalue weighted by Gasteiger charge is 2.22. The molecule has 10 heteroatoms. The number of rotatable bonds is 6. The smallest absolute Gasteiger partial charge is 0.257 e. The third kappa shape index (κ3) is 4.19. The summed E-state index contributed by atoms with van der Waals surface area (Å²) >= 11 is 4.55. The number of hydrogen-bond acceptors (Lipinski definition) is 6. The minimum absolute atomic E-state index is 0.0239. The van der Waals surface area contributed by atoms with Crippen LogP contribution in [-0.4, -0.2) is 44.3 Å². The Morgan fingerprint density at radius 2 is 2.00 bits per heavy atom. The number of fused-ring (bicyclic) bond motifs is 1. The molecule has 0 aliphatic heterocycles. The van der Waals surface area contributed by atoms with E-state index in [4.69, 9.17) is 4.74 Å². The van der Waals surface area contributed by atoms with Gasteiger partial charge in [-0.15, -0.1) is 0 Å². The van der Waals surface area contributed by atoms with Gasteiger partial charge in [0.1, 0.15) is 5.75 Å². The number of nitrogens with zero attached hydrogens (tertiary/aromatic N) is 2. The van der Waals surface area contributed by atoms with Gasteiger partial charge in [-0.1, -0.05) is 11.3 Å². The van der Waals surface area contributed by atoms with Crippen molar-refractivity contribution in [2.24, 2.45) is 0 Å². The molecule has 0 aliphatic carbocycles. The molecule has 0 saturated carbocycles. The standard InChI is InChI=1S/C18H18BrN3O4S2/c1-4-26-12-6-8-14-15(10-12)27-18(20-14)21-17(23)11-5-7-13(19)16(9-11)28(24,25)22(2)3/h5-10H,4H2,1-3H3,(H,20,21,23). The van der Waals surface area contributed by atoms with Gasteiger partial charge in [0.15, 0.2) is 5.13 Å². The van der Waals surface area contributed by atoms with E-state index in [2.05, 4.69) is 26.2 Å². The predicted octanol–water partition coefficient (Wildman–Crippen LogP) is 3.96. The normalized spacial score (nSPS) is 11.8. The largest absolute Gasteiger partial charge is 0.494 e. The van der Waals surface area contributed by atoms with Crippen molar-refractivity contribution in [3.63, 3.8) is 0 Å². The van der Waals surface area contributed by atoms with Crippen molar-refractivity contribution in [3.05, 3.63) is 46.4 Å². The molecule has 1 N–H and O–H groups in total. The highest BCUT2D eigenvalue weighted by Crippen LogP contribution is 2.30. The molecule has 0 fully saturated rings. The maximum Gasteiger partial charge on any atom is 0.257 e. The molecule has 2 aromatic carbocycles. The Kier molecular flexibility index (Phi) is 6.04. The number of amides is 1. The Morgan fingerprint density at radius 3 is 2.68 bits per heavy atom. The Morgan fingerprint density at radius 1 is 1.25 bits per heavy atom. The van der Waals surface area contributed by atoms with Crippen LogP contribution in [0.2, 0.25) is 0 Å². The quantitative estimate of drug-likeness (QED) is 0.572. The predicted molar refractivity (Wildman–Crippen MR) is 114 cm³/mol. The van der Waals surface area contributed by atoms with Gasteiger partial charge in [0, 0.05) is 24.1 Å². The molecule has 0 radical (unpaired) electrons. The van der Waals surface area contributed by atoms with Crippen LogP contribution in [0.3, 0.4) is 0 Å². The summed E-state index contributed by atoms with van der Waals surface area (Å²) in [7, 11) is -0.814. The summed E-state index contributed by atoms with van der Waals surface area (Å²) in [5, 5.41) is 3.16. The molecule has 148 valence electrons. The van der Waals surface area contributed by atoms with E-state index in [9.17, 15) is 13.2 Å². The molecular formula is C18H18BrN3O4S2. The molecule has 7 nitrogen and oxygen atoms in total.